The minimum absolute atomic E-state index is 0.331. The average Bonchev–Trinajstić information content (AvgIpc) is 2.30. The Labute approximate surface area is 103 Å². The van der Waals surface area contributed by atoms with E-state index in [9.17, 15) is 0 Å². The van der Waals surface area contributed by atoms with Crippen molar-refractivity contribution < 1.29 is 0 Å². The second-order valence-corrected chi connectivity index (χ2v) is 4.59. The van der Waals surface area contributed by atoms with E-state index < -0.39 is 0 Å². The fraction of sp³-hybridized carbons (Fsp3) is 0.250. The van der Waals surface area contributed by atoms with E-state index in [4.69, 9.17) is 0 Å². The van der Waals surface area contributed by atoms with E-state index in [1.165, 1.54) is 22.4 Å². The monoisotopic (exact) mass is 225 g/mol. The molecule has 0 aliphatic carbocycles. The number of rotatable bonds is 3. The Balaban J connectivity index is 2.17. The zero-order valence-corrected chi connectivity index (χ0v) is 10.7. The minimum Gasteiger partial charge on any atom is -0.379 e. The highest BCUT2D eigenvalue weighted by molar-refractivity contribution is 5.46. The summed E-state index contributed by atoms with van der Waals surface area (Å²) in [6.45, 7) is 6.50. The van der Waals surface area contributed by atoms with Gasteiger partial charge in [0.1, 0.15) is 0 Å². The van der Waals surface area contributed by atoms with E-state index in [1.54, 1.807) is 0 Å². The zero-order chi connectivity index (χ0) is 12.3. The van der Waals surface area contributed by atoms with Crippen molar-refractivity contribution in [3.63, 3.8) is 0 Å². The molecule has 2 aromatic carbocycles. The molecule has 0 aromatic heterocycles. The van der Waals surface area contributed by atoms with Crippen molar-refractivity contribution >= 4 is 5.69 Å². The number of benzene rings is 2. The Morgan fingerprint density at radius 3 is 2.29 bits per heavy atom. The molecule has 1 nitrogen and oxygen atoms in total. The maximum absolute atomic E-state index is 3.52. The van der Waals surface area contributed by atoms with Crippen molar-refractivity contribution in [2.45, 2.75) is 26.8 Å². The molecule has 0 aliphatic heterocycles. The summed E-state index contributed by atoms with van der Waals surface area (Å²) in [5.41, 5.74) is 5.19. The van der Waals surface area contributed by atoms with Crippen LogP contribution < -0.4 is 5.32 Å². The molecular formula is C16H19N. The minimum atomic E-state index is 0.331. The molecule has 0 saturated carbocycles. The highest BCUT2D eigenvalue weighted by Gasteiger charge is 2.07. The van der Waals surface area contributed by atoms with Gasteiger partial charge in [0, 0.05) is 11.7 Å². The number of para-hydroxylation sites is 1. The molecule has 2 rings (SSSR count). The van der Waals surface area contributed by atoms with E-state index >= 15 is 0 Å². The Kier molecular flexibility index (Phi) is 3.48. The molecule has 17 heavy (non-hydrogen) atoms. The summed E-state index contributed by atoms with van der Waals surface area (Å²) >= 11 is 0. The summed E-state index contributed by atoms with van der Waals surface area (Å²) in [6.07, 6.45) is 0. The summed E-state index contributed by atoms with van der Waals surface area (Å²) in [4.78, 5) is 0. The molecule has 1 N–H and O–H groups in total. The highest BCUT2D eigenvalue weighted by Crippen LogP contribution is 2.22. The fourth-order valence-electron chi connectivity index (χ4n) is 2.17. The van der Waals surface area contributed by atoms with Crippen LogP contribution in [0.15, 0.2) is 48.5 Å². The van der Waals surface area contributed by atoms with Crippen molar-refractivity contribution in [1.29, 1.82) is 0 Å². The number of aryl methyl sites for hydroxylation is 2. The number of nitrogens with one attached hydrogen (secondary N) is 1. The fourth-order valence-corrected chi connectivity index (χ4v) is 2.17. The van der Waals surface area contributed by atoms with Crippen LogP contribution in [0.1, 0.15) is 29.7 Å². The topological polar surface area (TPSA) is 12.0 Å². The largest absolute Gasteiger partial charge is 0.379 e. The van der Waals surface area contributed by atoms with Crippen LogP contribution in [0.2, 0.25) is 0 Å². The molecule has 0 radical (unpaired) electrons. The summed E-state index contributed by atoms with van der Waals surface area (Å²) in [6, 6.07) is 17.3. The van der Waals surface area contributed by atoms with Crippen molar-refractivity contribution in [3.8, 4) is 0 Å². The molecule has 88 valence electrons. The lowest BCUT2D eigenvalue weighted by molar-refractivity contribution is 0.873. The molecule has 1 unspecified atom stereocenters. The van der Waals surface area contributed by atoms with Gasteiger partial charge in [-0.1, -0.05) is 42.0 Å². The van der Waals surface area contributed by atoms with Crippen LogP contribution in [-0.4, -0.2) is 0 Å². The molecule has 0 saturated heterocycles. The van der Waals surface area contributed by atoms with Crippen LogP contribution in [0.4, 0.5) is 5.69 Å². The smallest absolute Gasteiger partial charge is 0.0488 e. The lowest BCUT2D eigenvalue weighted by atomic mass is 10.00. The van der Waals surface area contributed by atoms with Gasteiger partial charge in [-0.25, -0.2) is 0 Å². The Morgan fingerprint density at radius 2 is 1.65 bits per heavy atom. The van der Waals surface area contributed by atoms with Gasteiger partial charge in [0.15, 0.2) is 0 Å². The maximum atomic E-state index is 3.52. The number of hydrogen-bond acceptors (Lipinski definition) is 1. The van der Waals surface area contributed by atoms with Gasteiger partial charge in [0.25, 0.3) is 0 Å². The third kappa shape index (κ3) is 2.88. The SMILES string of the molecule is Cc1ccc(C(C)Nc2ccccc2)c(C)c1. The Bertz CT molecular complexity index is 488. The molecule has 1 atom stereocenters. The molecule has 0 amide bonds. The first-order valence-corrected chi connectivity index (χ1v) is 6.05. The van der Waals surface area contributed by atoms with Gasteiger partial charge >= 0.3 is 0 Å². The first-order valence-electron chi connectivity index (χ1n) is 6.05. The zero-order valence-electron chi connectivity index (χ0n) is 10.7. The molecule has 0 bridgehead atoms. The van der Waals surface area contributed by atoms with Crippen LogP contribution in [0.3, 0.4) is 0 Å². The van der Waals surface area contributed by atoms with Crippen molar-refractivity contribution in [3.05, 3.63) is 65.2 Å². The van der Waals surface area contributed by atoms with Gasteiger partial charge in [-0.15, -0.1) is 0 Å². The lowest BCUT2D eigenvalue weighted by Crippen LogP contribution is -2.08. The predicted molar refractivity (Wildman–Crippen MR) is 74.4 cm³/mol. The molecular weight excluding hydrogens is 206 g/mol. The first-order chi connectivity index (χ1) is 8.16. The van der Waals surface area contributed by atoms with Gasteiger partial charge in [0.05, 0.1) is 0 Å². The number of anilines is 1. The van der Waals surface area contributed by atoms with Crippen LogP contribution in [0.5, 0.6) is 0 Å². The average molecular weight is 225 g/mol. The van der Waals surface area contributed by atoms with Crippen LogP contribution >= 0.6 is 0 Å². The molecule has 0 aliphatic rings. The maximum Gasteiger partial charge on any atom is 0.0488 e. The second-order valence-electron chi connectivity index (χ2n) is 4.59. The van der Waals surface area contributed by atoms with E-state index in [0.29, 0.717) is 6.04 Å². The van der Waals surface area contributed by atoms with Crippen molar-refractivity contribution in [2.24, 2.45) is 0 Å². The van der Waals surface area contributed by atoms with Crippen LogP contribution in [0, 0.1) is 13.8 Å². The van der Waals surface area contributed by atoms with Gasteiger partial charge in [0.2, 0.25) is 0 Å². The molecule has 1 heteroatoms. The van der Waals surface area contributed by atoms with E-state index in [0.717, 1.165) is 0 Å². The molecule has 2 aromatic rings. The highest BCUT2D eigenvalue weighted by atomic mass is 14.9. The molecule has 0 fully saturated rings. The van der Waals surface area contributed by atoms with Gasteiger partial charge in [-0.05, 0) is 44.0 Å². The Morgan fingerprint density at radius 1 is 0.941 bits per heavy atom. The molecule has 0 spiro atoms. The van der Waals surface area contributed by atoms with E-state index in [-0.39, 0.29) is 0 Å². The van der Waals surface area contributed by atoms with E-state index in [2.05, 4.69) is 68.6 Å². The van der Waals surface area contributed by atoms with Gasteiger partial charge in [-0.3, -0.25) is 0 Å². The summed E-state index contributed by atoms with van der Waals surface area (Å²) < 4.78 is 0. The van der Waals surface area contributed by atoms with Crippen LogP contribution in [0.25, 0.3) is 0 Å². The van der Waals surface area contributed by atoms with Gasteiger partial charge in [-0.2, -0.15) is 0 Å². The normalized spacial score (nSPS) is 12.2. The van der Waals surface area contributed by atoms with Crippen LogP contribution in [-0.2, 0) is 0 Å². The lowest BCUT2D eigenvalue weighted by Gasteiger charge is -2.18. The first kappa shape index (κ1) is 11.7. The molecule has 0 heterocycles. The quantitative estimate of drug-likeness (QED) is 0.812. The van der Waals surface area contributed by atoms with Crippen molar-refractivity contribution in [1.82, 2.24) is 0 Å². The number of hydrogen-bond donors (Lipinski definition) is 1. The summed E-state index contributed by atoms with van der Waals surface area (Å²) in [7, 11) is 0. The van der Waals surface area contributed by atoms with Crippen molar-refractivity contribution in [2.75, 3.05) is 5.32 Å². The third-order valence-corrected chi connectivity index (χ3v) is 3.05. The summed E-state index contributed by atoms with van der Waals surface area (Å²) in [5, 5.41) is 3.52. The summed E-state index contributed by atoms with van der Waals surface area (Å²) in [5.74, 6) is 0. The predicted octanol–water partition coefficient (Wildman–Crippen LogP) is 4.48. The van der Waals surface area contributed by atoms with E-state index in [1.807, 2.05) is 6.07 Å². The standard InChI is InChI=1S/C16H19N/c1-12-9-10-16(13(2)11-12)14(3)17-15-7-5-4-6-8-15/h4-11,14,17H,1-3H3. The third-order valence-electron chi connectivity index (χ3n) is 3.05. The Hall–Kier alpha value is -1.76. The van der Waals surface area contributed by atoms with Gasteiger partial charge < -0.3 is 5.32 Å². The second kappa shape index (κ2) is 5.05.